The van der Waals surface area contributed by atoms with Crippen LogP contribution in [0.4, 0.5) is 0 Å². The van der Waals surface area contributed by atoms with E-state index in [2.05, 4.69) is 4.98 Å². The van der Waals surface area contributed by atoms with E-state index in [-0.39, 0.29) is 5.78 Å². The lowest BCUT2D eigenvalue weighted by Crippen LogP contribution is -2.14. The third kappa shape index (κ3) is 3.30. The molecule has 1 aromatic heterocycles. The fourth-order valence-electron chi connectivity index (χ4n) is 1.59. The van der Waals surface area contributed by atoms with Crippen molar-refractivity contribution in [3.05, 3.63) is 58.7 Å². The number of carbonyl (C=O) groups is 1. The van der Waals surface area contributed by atoms with Crippen LogP contribution in [0.15, 0.2) is 42.6 Å². The highest BCUT2D eigenvalue weighted by Crippen LogP contribution is 2.20. The van der Waals surface area contributed by atoms with E-state index >= 15 is 0 Å². The number of halogens is 1. The molecule has 0 unspecified atom stereocenters. The number of hydrogen-bond acceptors (Lipinski definition) is 4. The Labute approximate surface area is 116 Å². The summed E-state index contributed by atoms with van der Waals surface area (Å²) < 4.78 is 5.37. The summed E-state index contributed by atoms with van der Waals surface area (Å²) in [6.07, 6.45) is 1.57. The molecule has 2 N–H and O–H groups in total. The van der Waals surface area contributed by atoms with Crippen LogP contribution in [0.2, 0.25) is 5.02 Å². The third-order valence-corrected chi connectivity index (χ3v) is 2.73. The summed E-state index contributed by atoms with van der Waals surface area (Å²) in [5.41, 5.74) is 6.33. The van der Waals surface area contributed by atoms with Gasteiger partial charge in [-0.15, -0.1) is 0 Å². The summed E-state index contributed by atoms with van der Waals surface area (Å²) in [4.78, 5) is 16.4. The highest BCUT2D eigenvalue weighted by Gasteiger charge is 2.15. The first-order valence-electron chi connectivity index (χ1n) is 5.80. The zero-order valence-electron chi connectivity index (χ0n) is 10.2. The summed E-state index contributed by atoms with van der Waals surface area (Å²) in [6, 6.07) is 10.1. The molecule has 2 aromatic rings. The summed E-state index contributed by atoms with van der Waals surface area (Å²) in [5, 5.41) is 0.586. The van der Waals surface area contributed by atoms with Gasteiger partial charge in [-0.1, -0.05) is 11.6 Å². The first-order chi connectivity index (χ1) is 9.22. The quantitative estimate of drug-likeness (QED) is 0.851. The van der Waals surface area contributed by atoms with E-state index in [4.69, 9.17) is 22.1 Å². The fourth-order valence-corrected chi connectivity index (χ4v) is 1.72. The molecule has 0 aliphatic heterocycles. The molecule has 1 aromatic carbocycles. The average Bonchev–Trinajstić information content (AvgIpc) is 2.45. The van der Waals surface area contributed by atoms with Crippen molar-refractivity contribution < 1.29 is 9.53 Å². The Morgan fingerprint density at radius 1 is 1.26 bits per heavy atom. The highest BCUT2D eigenvalue weighted by molar-refractivity contribution is 6.30. The van der Waals surface area contributed by atoms with E-state index in [0.717, 1.165) is 0 Å². The van der Waals surface area contributed by atoms with Crippen molar-refractivity contribution in [1.29, 1.82) is 0 Å². The standard InChI is InChI=1S/C14H13ClN2O2/c15-11-5-3-10(4-6-11)13(18)12-2-1-8-17-14(12)19-9-7-16/h1-6,8H,7,9,16H2. The minimum Gasteiger partial charge on any atom is -0.476 e. The van der Waals surface area contributed by atoms with Crippen molar-refractivity contribution in [2.75, 3.05) is 13.2 Å². The number of nitrogens with zero attached hydrogens (tertiary/aromatic N) is 1. The van der Waals surface area contributed by atoms with E-state index in [0.29, 0.717) is 35.2 Å². The van der Waals surface area contributed by atoms with Crippen molar-refractivity contribution >= 4 is 17.4 Å². The average molecular weight is 277 g/mol. The van der Waals surface area contributed by atoms with Gasteiger partial charge in [-0.3, -0.25) is 4.79 Å². The van der Waals surface area contributed by atoms with Crippen molar-refractivity contribution in [2.24, 2.45) is 5.73 Å². The van der Waals surface area contributed by atoms with Crippen molar-refractivity contribution in [3.8, 4) is 5.88 Å². The zero-order chi connectivity index (χ0) is 13.7. The fraction of sp³-hybridized carbons (Fsp3) is 0.143. The molecule has 2 rings (SSSR count). The third-order valence-electron chi connectivity index (χ3n) is 2.48. The lowest BCUT2D eigenvalue weighted by atomic mass is 10.0. The van der Waals surface area contributed by atoms with E-state index < -0.39 is 0 Å². The van der Waals surface area contributed by atoms with Gasteiger partial charge in [-0.2, -0.15) is 0 Å². The second kappa shape index (κ2) is 6.31. The second-order valence-corrected chi connectivity index (χ2v) is 4.27. The predicted molar refractivity (Wildman–Crippen MR) is 73.7 cm³/mol. The van der Waals surface area contributed by atoms with Crippen LogP contribution >= 0.6 is 11.6 Å². The first-order valence-corrected chi connectivity index (χ1v) is 6.18. The molecule has 0 spiro atoms. The maximum Gasteiger partial charge on any atom is 0.224 e. The number of pyridine rings is 1. The number of ether oxygens (including phenoxy) is 1. The van der Waals surface area contributed by atoms with Crippen LogP contribution in [0, 0.1) is 0 Å². The molecule has 98 valence electrons. The molecule has 0 atom stereocenters. The number of aromatic nitrogens is 1. The molecular weight excluding hydrogens is 264 g/mol. The van der Waals surface area contributed by atoms with Gasteiger partial charge >= 0.3 is 0 Å². The largest absolute Gasteiger partial charge is 0.476 e. The molecule has 0 radical (unpaired) electrons. The Morgan fingerprint density at radius 2 is 2.00 bits per heavy atom. The number of ketones is 1. The Bertz CT molecular complexity index is 570. The Kier molecular flexibility index (Phi) is 4.49. The van der Waals surface area contributed by atoms with Crippen LogP contribution in [0.3, 0.4) is 0 Å². The van der Waals surface area contributed by atoms with Gasteiger partial charge in [-0.05, 0) is 36.4 Å². The van der Waals surface area contributed by atoms with Gasteiger partial charge in [0.2, 0.25) is 5.88 Å². The van der Waals surface area contributed by atoms with Gasteiger partial charge in [0.25, 0.3) is 0 Å². The van der Waals surface area contributed by atoms with Crippen molar-refractivity contribution in [3.63, 3.8) is 0 Å². The number of carbonyl (C=O) groups excluding carboxylic acids is 1. The van der Waals surface area contributed by atoms with Crippen LogP contribution in [0.5, 0.6) is 5.88 Å². The molecule has 4 nitrogen and oxygen atoms in total. The van der Waals surface area contributed by atoms with Gasteiger partial charge in [0.1, 0.15) is 6.61 Å². The maximum absolute atomic E-state index is 12.3. The molecule has 0 saturated heterocycles. The molecule has 0 aliphatic rings. The molecule has 0 fully saturated rings. The van der Waals surface area contributed by atoms with Crippen LogP contribution in [0.25, 0.3) is 0 Å². The SMILES string of the molecule is NCCOc1ncccc1C(=O)c1ccc(Cl)cc1. The molecule has 0 bridgehead atoms. The Balaban J connectivity index is 2.30. The predicted octanol–water partition coefficient (Wildman–Crippen LogP) is 2.30. The van der Waals surface area contributed by atoms with Crippen LogP contribution < -0.4 is 10.5 Å². The van der Waals surface area contributed by atoms with Crippen LogP contribution in [-0.4, -0.2) is 23.9 Å². The van der Waals surface area contributed by atoms with Gasteiger partial charge in [0.05, 0.1) is 5.56 Å². The molecule has 1 heterocycles. The topological polar surface area (TPSA) is 65.2 Å². The summed E-state index contributed by atoms with van der Waals surface area (Å²) in [6.45, 7) is 0.684. The molecule has 5 heteroatoms. The molecule has 0 amide bonds. The zero-order valence-corrected chi connectivity index (χ0v) is 10.9. The molecular formula is C14H13ClN2O2. The number of benzene rings is 1. The van der Waals surface area contributed by atoms with Gasteiger partial charge in [0, 0.05) is 23.3 Å². The Morgan fingerprint density at radius 3 is 2.68 bits per heavy atom. The first kappa shape index (κ1) is 13.5. The second-order valence-electron chi connectivity index (χ2n) is 3.83. The van der Waals surface area contributed by atoms with E-state index in [1.807, 2.05) is 0 Å². The number of hydrogen-bond donors (Lipinski definition) is 1. The minimum absolute atomic E-state index is 0.156. The van der Waals surface area contributed by atoms with Crippen LogP contribution in [-0.2, 0) is 0 Å². The minimum atomic E-state index is -0.156. The summed E-state index contributed by atoms with van der Waals surface area (Å²) in [5.74, 6) is 0.143. The van der Waals surface area contributed by atoms with Gasteiger partial charge < -0.3 is 10.5 Å². The van der Waals surface area contributed by atoms with E-state index in [1.54, 1.807) is 42.6 Å². The highest BCUT2D eigenvalue weighted by atomic mass is 35.5. The van der Waals surface area contributed by atoms with Gasteiger partial charge in [0.15, 0.2) is 5.78 Å². The van der Waals surface area contributed by atoms with Crippen molar-refractivity contribution in [1.82, 2.24) is 4.98 Å². The lowest BCUT2D eigenvalue weighted by molar-refractivity contribution is 0.103. The monoisotopic (exact) mass is 276 g/mol. The smallest absolute Gasteiger partial charge is 0.224 e. The number of nitrogens with two attached hydrogens (primary N) is 1. The van der Waals surface area contributed by atoms with E-state index in [9.17, 15) is 4.79 Å². The van der Waals surface area contributed by atoms with Crippen molar-refractivity contribution in [2.45, 2.75) is 0 Å². The summed E-state index contributed by atoms with van der Waals surface area (Å²) in [7, 11) is 0. The van der Waals surface area contributed by atoms with Gasteiger partial charge in [-0.25, -0.2) is 4.98 Å². The molecule has 0 saturated carbocycles. The molecule has 19 heavy (non-hydrogen) atoms. The normalized spacial score (nSPS) is 10.2. The van der Waals surface area contributed by atoms with Crippen LogP contribution in [0.1, 0.15) is 15.9 Å². The number of rotatable bonds is 5. The lowest BCUT2D eigenvalue weighted by Gasteiger charge is -2.08. The maximum atomic E-state index is 12.3. The Hall–Kier alpha value is -1.91. The molecule has 0 aliphatic carbocycles. The van der Waals surface area contributed by atoms with E-state index in [1.165, 1.54) is 0 Å². The summed E-state index contributed by atoms with van der Waals surface area (Å²) >= 11 is 5.80.